The van der Waals surface area contributed by atoms with E-state index < -0.39 is 0 Å². The normalized spacial score (nSPS) is 34.0. The predicted octanol–water partition coefficient (Wildman–Crippen LogP) is 3.74. The number of rotatable bonds is 1. The lowest BCUT2D eigenvalue weighted by atomic mass is 9.83. The number of hydrogen-bond acceptors (Lipinski definition) is 1. The molecule has 0 aromatic heterocycles. The van der Waals surface area contributed by atoms with Crippen LogP contribution < -0.4 is 0 Å². The van der Waals surface area contributed by atoms with Crippen LogP contribution in [-0.4, -0.2) is 11.2 Å². The van der Waals surface area contributed by atoms with Gasteiger partial charge in [0.25, 0.3) is 0 Å². The van der Waals surface area contributed by atoms with Crippen LogP contribution in [0, 0.1) is 17.8 Å². The Labute approximate surface area is 104 Å². The number of aliphatic hydroxyl groups is 1. The Morgan fingerprint density at radius 2 is 1.71 bits per heavy atom. The Bertz CT molecular complexity index is 393. The molecule has 1 aromatic carbocycles. The predicted molar refractivity (Wildman–Crippen MR) is 72.5 cm³/mol. The first-order valence-electron chi connectivity index (χ1n) is 6.54. The van der Waals surface area contributed by atoms with Crippen LogP contribution in [0.1, 0.15) is 32.8 Å². The Morgan fingerprint density at radius 1 is 1.06 bits per heavy atom. The molecule has 0 heterocycles. The highest BCUT2D eigenvalue weighted by molar-refractivity contribution is 5.68. The molecule has 1 N–H and O–H groups in total. The van der Waals surface area contributed by atoms with E-state index in [1.165, 1.54) is 11.1 Å². The van der Waals surface area contributed by atoms with E-state index in [0.717, 1.165) is 6.42 Å². The van der Waals surface area contributed by atoms with Crippen LogP contribution in [-0.2, 0) is 0 Å². The maximum Gasteiger partial charge on any atom is 0.0634 e. The molecule has 1 heteroatoms. The van der Waals surface area contributed by atoms with Gasteiger partial charge in [0.1, 0.15) is 0 Å². The fraction of sp³-hybridized carbons (Fsp3) is 0.500. The highest BCUT2D eigenvalue weighted by Gasteiger charge is 2.30. The van der Waals surface area contributed by atoms with Crippen molar-refractivity contribution in [3.63, 3.8) is 0 Å². The molecule has 0 radical (unpaired) electrons. The van der Waals surface area contributed by atoms with E-state index in [2.05, 4.69) is 51.1 Å². The van der Waals surface area contributed by atoms with Gasteiger partial charge in [-0.3, -0.25) is 0 Å². The second-order valence-electron chi connectivity index (χ2n) is 5.38. The Morgan fingerprint density at radius 3 is 2.35 bits per heavy atom. The van der Waals surface area contributed by atoms with Crippen LogP contribution in [0.15, 0.2) is 36.4 Å². The average molecular weight is 230 g/mol. The molecule has 0 spiro atoms. The molecular weight excluding hydrogens is 208 g/mol. The van der Waals surface area contributed by atoms with Gasteiger partial charge in [-0.2, -0.15) is 0 Å². The van der Waals surface area contributed by atoms with Crippen molar-refractivity contribution >= 4 is 5.57 Å². The average Bonchev–Trinajstić information content (AvgIpc) is 2.45. The standard InChI is InChI=1S/C16H22O/c1-11-9-10-15(13(3)16(17)12(11)2)14-7-5-4-6-8-14/h4-8,10-13,16-17H,9H2,1-3H3/t11-,12+,13-,16-/m0/s1. The van der Waals surface area contributed by atoms with Gasteiger partial charge in [-0.1, -0.05) is 57.2 Å². The first-order valence-corrected chi connectivity index (χ1v) is 6.54. The molecule has 2 rings (SSSR count). The molecule has 0 fully saturated rings. The van der Waals surface area contributed by atoms with Crippen molar-refractivity contribution in [2.24, 2.45) is 17.8 Å². The van der Waals surface area contributed by atoms with Crippen molar-refractivity contribution in [1.29, 1.82) is 0 Å². The van der Waals surface area contributed by atoms with E-state index in [4.69, 9.17) is 0 Å². The number of hydrogen-bond donors (Lipinski definition) is 1. The molecule has 0 saturated heterocycles. The van der Waals surface area contributed by atoms with Gasteiger partial charge >= 0.3 is 0 Å². The summed E-state index contributed by atoms with van der Waals surface area (Å²) in [6, 6.07) is 10.4. The van der Waals surface area contributed by atoms with Gasteiger partial charge in [-0.05, 0) is 29.4 Å². The van der Waals surface area contributed by atoms with Gasteiger partial charge in [-0.25, -0.2) is 0 Å². The summed E-state index contributed by atoms with van der Waals surface area (Å²) in [7, 11) is 0. The molecule has 0 bridgehead atoms. The van der Waals surface area contributed by atoms with Crippen LogP contribution in [0.25, 0.3) is 5.57 Å². The van der Waals surface area contributed by atoms with E-state index >= 15 is 0 Å². The summed E-state index contributed by atoms with van der Waals surface area (Å²) >= 11 is 0. The van der Waals surface area contributed by atoms with Gasteiger partial charge in [0.15, 0.2) is 0 Å². The van der Waals surface area contributed by atoms with Crippen LogP contribution in [0.5, 0.6) is 0 Å². The van der Waals surface area contributed by atoms with E-state index in [1.54, 1.807) is 0 Å². The smallest absolute Gasteiger partial charge is 0.0634 e. The number of allylic oxidation sites excluding steroid dienone is 1. The maximum atomic E-state index is 10.4. The van der Waals surface area contributed by atoms with Crippen LogP contribution in [0.4, 0.5) is 0 Å². The molecule has 0 saturated carbocycles. The van der Waals surface area contributed by atoms with Crippen molar-refractivity contribution in [3.8, 4) is 0 Å². The van der Waals surface area contributed by atoms with Gasteiger partial charge in [0.2, 0.25) is 0 Å². The lowest BCUT2D eigenvalue weighted by Crippen LogP contribution is -2.28. The molecule has 1 aliphatic rings. The van der Waals surface area contributed by atoms with Gasteiger partial charge in [0, 0.05) is 5.92 Å². The summed E-state index contributed by atoms with van der Waals surface area (Å²) in [6.07, 6.45) is 3.14. The first-order chi connectivity index (χ1) is 8.11. The third kappa shape index (κ3) is 2.44. The minimum Gasteiger partial charge on any atom is -0.392 e. The highest BCUT2D eigenvalue weighted by Crippen LogP contribution is 2.36. The quantitative estimate of drug-likeness (QED) is 0.779. The van der Waals surface area contributed by atoms with Crippen molar-refractivity contribution in [1.82, 2.24) is 0 Å². The zero-order valence-corrected chi connectivity index (χ0v) is 10.9. The zero-order valence-electron chi connectivity index (χ0n) is 10.9. The molecule has 0 amide bonds. The monoisotopic (exact) mass is 230 g/mol. The number of benzene rings is 1. The first kappa shape index (κ1) is 12.4. The molecule has 4 atom stereocenters. The van der Waals surface area contributed by atoms with Gasteiger partial charge < -0.3 is 5.11 Å². The van der Waals surface area contributed by atoms with Crippen molar-refractivity contribution < 1.29 is 5.11 Å². The summed E-state index contributed by atoms with van der Waals surface area (Å²) in [5, 5.41) is 10.4. The summed E-state index contributed by atoms with van der Waals surface area (Å²) < 4.78 is 0. The zero-order chi connectivity index (χ0) is 12.4. The maximum absolute atomic E-state index is 10.4. The third-order valence-electron chi connectivity index (χ3n) is 4.26. The molecule has 0 unspecified atom stereocenters. The lowest BCUT2D eigenvalue weighted by Gasteiger charge is -2.27. The van der Waals surface area contributed by atoms with E-state index in [0.29, 0.717) is 11.8 Å². The molecule has 0 aliphatic heterocycles. The van der Waals surface area contributed by atoms with E-state index in [1.807, 2.05) is 6.07 Å². The minimum absolute atomic E-state index is 0.220. The lowest BCUT2D eigenvalue weighted by molar-refractivity contribution is 0.0647. The number of aliphatic hydroxyl groups excluding tert-OH is 1. The van der Waals surface area contributed by atoms with Crippen LogP contribution >= 0.6 is 0 Å². The summed E-state index contributed by atoms with van der Waals surface area (Å²) in [5.41, 5.74) is 2.55. The van der Waals surface area contributed by atoms with E-state index in [9.17, 15) is 5.11 Å². The largest absolute Gasteiger partial charge is 0.392 e. The fourth-order valence-corrected chi connectivity index (χ4v) is 2.70. The van der Waals surface area contributed by atoms with Crippen LogP contribution in [0.2, 0.25) is 0 Å². The molecule has 92 valence electrons. The third-order valence-corrected chi connectivity index (χ3v) is 4.26. The van der Waals surface area contributed by atoms with Gasteiger partial charge in [-0.15, -0.1) is 0 Å². The van der Waals surface area contributed by atoms with Crippen molar-refractivity contribution in [2.75, 3.05) is 0 Å². The highest BCUT2D eigenvalue weighted by atomic mass is 16.3. The second kappa shape index (κ2) is 5.05. The molecule has 1 aromatic rings. The van der Waals surface area contributed by atoms with Gasteiger partial charge in [0.05, 0.1) is 6.10 Å². The topological polar surface area (TPSA) is 20.2 Å². The van der Waals surface area contributed by atoms with Crippen molar-refractivity contribution in [3.05, 3.63) is 42.0 Å². The molecule has 17 heavy (non-hydrogen) atoms. The summed E-state index contributed by atoms with van der Waals surface area (Å²) in [6.45, 7) is 6.52. The Kier molecular flexibility index (Phi) is 3.68. The summed E-state index contributed by atoms with van der Waals surface area (Å²) in [4.78, 5) is 0. The SMILES string of the molecule is C[C@H]1[C@H](O)[C@@H](C)C(c2ccccc2)=CC[C@@H]1C. The fourth-order valence-electron chi connectivity index (χ4n) is 2.70. The molecule has 1 aliphatic carbocycles. The molecular formula is C16H22O. The van der Waals surface area contributed by atoms with Crippen molar-refractivity contribution in [2.45, 2.75) is 33.3 Å². The Hall–Kier alpha value is -1.08. The summed E-state index contributed by atoms with van der Waals surface area (Å²) in [5.74, 6) is 1.13. The Balaban J connectivity index is 2.34. The second-order valence-corrected chi connectivity index (χ2v) is 5.38. The minimum atomic E-state index is -0.237. The van der Waals surface area contributed by atoms with E-state index in [-0.39, 0.29) is 12.0 Å². The molecule has 1 nitrogen and oxygen atoms in total. The van der Waals surface area contributed by atoms with Crippen LogP contribution in [0.3, 0.4) is 0 Å².